The Morgan fingerprint density at radius 3 is 1.29 bits per heavy atom. The molecular weight excluding hydrogens is 1990 g/mol. The number of ether oxygens (including phenoxy) is 2. The molecule has 4 fully saturated rings. The fourth-order valence-corrected chi connectivity index (χ4v) is 16.7. The molecule has 4 N–H and O–H groups in total. The molecule has 20 rings (SSSR count). The zero-order chi connectivity index (χ0) is 103. The van der Waals surface area contributed by atoms with Crippen LogP contribution in [0.25, 0.3) is 45.1 Å². The van der Waals surface area contributed by atoms with Crippen molar-refractivity contribution >= 4 is 149 Å². The first-order valence-corrected chi connectivity index (χ1v) is 48.9. The first-order valence-electron chi connectivity index (χ1n) is 47.0. The van der Waals surface area contributed by atoms with Gasteiger partial charge in [0, 0.05) is 188 Å². The van der Waals surface area contributed by atoms with Crippen molar-refractivity contribution in [1.29, 1.82) is 0 Å². The van der Waals surface area contributed by atoms with Crippen molar-refractivity contribution in [2.75, 3.05) is 77.2 Å². The van der Waals surface area contributed by atoms with E-state index in [2.05, 4.69) is 118 Å². The van der Waals surface area contributed by atoms with Crippen LogP contribution in [-0.2, 0) is 64.1 Å². The minimum absolute atomic E-state index is 0.0177. The first kappa shape index (κ1) is 106. The third kappa shape index (κ3) is 28.9. The highest BCUT2D eigenvalue weighted by atomic mass is 79.9. The molecule has 0 aliphatic carbocycles. The molecule has 0 radical (unpaired) electrons. The number of pyridine rings is 5. The summed E-state index contributed by atoms with van der Waals surface area (Å²) < 4.78 is 31.6. The summed E-state index contributed by atoms with van der Waals surface area (Å²) in [6.45, 7) is 23.5. The van der Waals surface area contributed by atoms with Crippen molar-refractivity contribution in [2.24, 2.45) is 11.7 Å². The van der Waals surface area contributed by atoms with Gasteiger partial charge in [-0.15, -0.1) is 15.3 Å². The predicted molar refractivity (Wildman–Crippen MR) is 567 cm³/mol. The molecule has 17 heterocycles. The van der Waals surface area contributed by atoms with Crippen LogP contribution in [0, 0.1) is 5.92 Å². The number of benzene rings is 3. The number of nitrogens with zero attached hydrogens (tertiary/aromatic N) is 23. The van der Waals surface area contributed by atoms with Crippen LogP contribution in [0.15, 0.2) is 278 Å². The molecule has 0 saturated carbocycles. The Labute approximate surface area is 862 Å². The second-order valence-corrected chi connectivity index (χ2v) is 39.9. The lowest BCUT2D eigenvalue weighted by molar-refractivity contribution is -0.155. The van der Waals surface area contributed by atoms with E-state index in [0.717, 1.165) is 130 Å². The van der Waals surface area contributed by atoms with Gasteiger partial charge in [0.15, 0.2) is 28.9 Å². The number of aromatic nitrogens is 17. The van der Waals surface area contributed by atoms with E-state index < -0.39 is 35.6 Å². The molecule has 0 spiro atoms. The van der Waals surface area contributed by atoms with Crippen molar-refractivity contribution in [2.45, 2.75) is 156 Å². The molecule has 4 saturated heterocycles. The van der Waals surface area contributed by atoms with Crippen molar-refractivity contribution in [3.63, 3.8) is 0 Å². The molecule has 0 unspecified atom stereocenters. The maximum absolute atomic E-state index is 12.7. The van der Waals surface area contributed by atoms with Gasteiger partial charge in [-0.3, -0.25) is 48.9 Å². The minimum atomic E-state index is -0.574. The monoisotopic (exact) mass is 2100 g/mol. The first-order chi connectivity index (χ1) is 69.4. The Morgan fingerprint density at radius 2 is 0.876 bits per heavy atom. The third-order valence-corrected chi connectivity index (χ3v) is 24.9. The molecule has 16 aromatic rings. The molecular formula is C105H116BBr2ClN26O10. The molecule has 145 heavy (non-hydrogen) atoms. The Balaban J connectivity index is 0.000000142. The highest BCUT2D eigenvalue weighted by Gasteiger charge is 2.52. The summed E-state index contributed by atoms with van der Waals surface area (Å²) in [5, 5.41) is 24.5. The highest BCUT2D eigenvalue weighted by molar-refractivity contribution is 9.10. The molecule has 40 heteroatoms. The molecule has 3 atom stereocenters. The smallest absolute Gasteiger partial charge is 0.460 e. The number of rotatable bonds is 21. The van der Waals surface area contributed by atoms with Gasteiger partial charge in [-0.05, 0) is 263 Å². The Morgan fingerprint density at radius 1 is 0.483 bits per heavy atom. The van der Waals surface area contributed by atoms with Crippen molar-refractivity contribution in [3.8, 4) is 22.5 Å². The van der Waals surface area contributed by atoms with Gasteiger partial charge >= 0.3 is 19.2 Å². The van der Waals surface area contributed by atoms with E-state index in [1.165, 1.54) is 11.8 Å². The summed E-state index contributed by atoms with van der Waals surface area (Å²) in [5.74, 6) is 2.27. The fourth-order valence-electron chi connectivity index (χ4n) is 15.8. The van der Waals surface area contributed by atoms with Gasteiger partial charge in [0.05, 0.1) is 59.8 Å². The summed E-state index contributed by atoms with van der Waals surface area (Å²) in [6, 6.07) is 57.5. The number of anilines is 6. The maximum Gasteiger partial charge on any atom is 0.494 e. The number of carbonyl (C=O) groups excluding carboxylic acids is 6. The maximum atomic E-state index is 12.7. The van der Waals surface area contributed by atoms with E-state index in [1.807, 2.05) is 268 Å². The lowest BCUT2D eigenvalue weighted by Crippen LogP contribution is -2.41. The second-order valence-electron chi connectivity index (χ2n) is 37.9. The van der Waals surface area contributed by atoms with Crippen LogP contribution < -0.4 is 51.2 Å². The summed E-state index contributed by atoms with van der Waals surface area (Å²) in [7, 11) is 7.49. The Hall–Kier alpha value is -14.7. The van der Waals surface area contributed by atoms with E-state index in [9.17, 15) is 28.8 Å². The third-order valence-electron chi connectivity index (χ3n) is 23.6. The van der Waals surface area contributed by atoms with E-state index >= 15 is 0 Å². The lowest BCUT2D eigenvalue weighted by Gasteiger charge is -2.32. The van der Waals surface area contributed by atoms with Crippen LogP contribution in [0.3, 0.4) is 0 Å². The number of nitrogens with one attached hydrogen (secondary N) is 2. The predicted octanol–water partition coefficient (Wildman–Crippen LogP) is 16.0. The molecule has 4 aliphatic rings. The fraction of sp³-hybridized carbons (Fsp3) is 0.305. The lowest BCUT2D eigenvalue weighted by atomic mass is 9.79. The average Bonchev–Trinajstić information content (AvgIpc) is 1.58. The molecule has 0 bridgehead atoms. The minimum Gasteiger partial charge on any atom is -0.460 e. The van der Waals surface area contributed by atoms with E-state index in [-0.39, 0.29) is 54.5 Å². The topological polar surface area (TPSA) is 394 Å². The number of fused-ring (bicyclic) bond motifs is 4. The van der Waals surface area contributed by atoms with Crippen LogP contribution in [-0.4, -0.2) is 209 Å². The highest BCUT2D eigenvalue weighted by Crippen LogP contribution is 2.38. The van der Waals surface area contributed by atoms with Gasteiger partial charge in [0.2, 0.25) is 17.7 Å². The van der Waals surface area contributed by atoms with Gasteiger partial charge in [-0.1, -0.05) is 72.3 Å². The van der Waals surface area contributed by atoms with Crippen LogP contribution in [0.2, 0.25) is 5.15 Å². The largest absolute Gasteiger partial charge is 0.494 e. The van der Waals surface area contributed by atoms with Crippen molar-refractivity contribution < 1.29 is 47.5 Å². The molecule has 36 nitrogen and oxygen atoms in total. The number of carbonyl (C=O) groups is 6. The van der Waals surface area contributed by atoms with Crippen molar-refractivity contribution in [1.82, 2.24) is 93.9 Å². The number of esters is 1. The number of nitrogens with two attached hydrogens (primary N) is 1. The van der Waals surface area contributed by atoms with Crippen LogP contribution >= 0.6 is 43.5 Å². The normalized spacial score (nSPS) is 15.6. The van der Waals surface area contributed by atoms with Crippen molar-refractivity contribution in [3.05, 3.63) is 311 Å². The Kier molecular flexibility index (Phi) is 35.2. The van der Waals surface area contributed by atoms with Gasteiger partial charge in [0.1, 0.15) is 43.0 Å². The zero-order valence-electron chi connectivity index (χ0n) is 83.1. The number of imidazole rings is 4. The summed E-state index contributed by atoms with van der Waals surface area (Å²) >= 11 is 12.4. The summed E-state index contributed by atoms with van der Waals surface area (Å²) in [6.07, 6.45) is 26.2. The number of hydrogen-bond acceptors (Lipinski definition) is 28. The van der Waals surface area contributed by atoms with Gasteiger partial charge in [-0.2, -0.15) is 5.10 Å². The van der Waals surface area contributed by atoms with E-state index in [0.29, 0.717) is 56.3 Å². The summed E-state index contributed by atoms with van der Waals surface area (Å²) in [4.78, 5) is 120. The van der Waals surface area contributed by atoms with Gasteiger partial charge in [0.25, 0.3) is 0 Å². The van der Waals surface area contributed by atoms with Gasteiger partial charge < -0.3 is 64.5 Å². The molecule has 13 aromatic heterocycles. The molecule has 3 aromatic carbocycles. The van der Waals surface area contributed by atoms with Crippen LogP contribution in [0.4, 0.5) is 39.3 Å². The zero-order valence-corrected chi connectivity index (χ0v) is 87.1. The van der Waals surface area contributed by atoms with E-state index in [1.54, 1.807) is 118 Å². The molecule has 4 aliphatic heterocycles. The van der Waals surface area contributed by atoms with Crippen LogP contribution in [0.1, 0.15) is 128 Å². The number of hydrogen-bond donors (Lipinski definition) is 3. The van der Waals surface area contributed by atoms with Gasteiger partial charge in [-0.25, -0.2) is 42.8 Å². The quantitative estimate of drug-likeness (QED) is 0.0342. The SMILES string of the molecule is CC(C)(C)OC(=O)N[C@H]1CC(=O)N(c2ccc(B3OC(C)(C)C(C)(C)O3)cc2)C1.CN(Cc1cccnc1)c1ccc2ncc(-c3ccc(N4C[C@@H](CC(=O)OC(C)(C)C)CC4=O)cc3)n2n1.CN(Cc1cccnc1)c1ccc2ncc(-c3ccc(N4C[C@@H](N)CC4=O)cc3)n2n1.CN(Cc1cccnc1)c1ccc2ncc(Br)n2n1.CNCc1cccnc1.Clc1ccc2ncc(Br)n2n1.O=Cc1cccnc1. The summed E-state index contributed by atoms with van der Waals surface area (Å²) in [5.41, 5.74) is 19.4. The number of aldehydes is 1. The number of amides is 4. The molecule has 4 amide bonds. The molecule has 750 valence electrons. The number of halogens is 3. The van der Waals surface area contributed by atoms with Crippen LogP contribution in [0.5, 0.6) is 0 Å². The standard InChI is InChI=1S/C29H32N6O3.C23H23N7O.C21H31BN2O5.C13H12BrN5.C7H10N2.C6H3BrClN3.C6H5NO/c1-29(2,3)38-28(37)15-21-14-27(36)34(19-21)23-9-7-22(8-10-23)24-17-31-25-11-12-26(32-35(24)25)33(4)18-20-6-5-13-30-16-20;1-28(14-16-3-2-10-25-12-16)22-9-8-21-26-13-20(30(21)27-22)17-4-6-19(7-5-17)29-15-18(24)11-23(29)31;1-19(2,3)27-18(26)23-15-12-17(25)24(13-15)16-10-8-14(9-11-16)22-28-20(4,5)21(6,7)29-22;1-18(9-10-3-2-6-15-7-10)13-5-4-12-16-8-11(14)19(12)17-13;1-8-5-7-3-2-4-9-6-7;7-4-3-9-6-2-1-5(8)10-11(4)6;8-5-6-2-1-3-7-4-6/h5-13,16-17,21H,14-15,18-19H2,1-4H3;2-10,12-13,18H,11,14-15,24H2,1H3;8-11,15H,12-13H2,1-7H3,(H,23,26);2-8H,9H2,1H3;2-4,6,8H,5H2,1H3;1-3H;1-5H/t21-;18-;15-;;;;/m100..../s1. The van der Waals surface area contributed by atoms with E-state index in [4.69, 9.17) is 46.3 Å². The number of alkyl carbamates (subject to hydrolysis) is 1. The average molecular weight is 2110 g/mol. The Bertz CT molecular complexity index is 7040. The second kappa shape index (κ2) is 48.1.